The minimum absolute atomic E-state index is 0.00899. The van der Waals surface area contributed by atoms with Crippen molar-refractivity contribution >= 4 is 11.8 Å². The van der Waals surface area contributed by atoms with E-state index in [1.165, 1.54) is 6.20 Å². The van der Waals surface area contributed by atoms with Gasteiger partial charge in [-0.05, 0) is 18.4 Å². The van der Waals surface area contributed by atoms with Crippen LogP contribution >= 0.6 is 0 Å². The Hall–Kier alpha value is -2.43. The van der Waals surface area contributed by atoms with Crippen molar-refractivity contribution in [1.29, 1.82) is 0 Å². The Morgan fingerprint density at radius 2 is 1.86 bits per heavy atom. The van der Waals surface area contributed by atoms with Crippen molar-refractivity contribution in [2.45, 2.75) is 32.1 Å². The van der Waals surface area contributed by atoms with Crippen LogP contribution in [0.2, 0.25) is 0 Å². The maximum atomic E-state index is 11.0. The van der Waals surface area contributed by atoms with Crippen LogP contribution in [0.4, 0.5) is 5.82 Å². The van der Waals surface area contributed by atoms with Crippen LogP contribution in [0.25, 0.3) is 0 Å². The number of carbonyl (C=O) groups is 1. The van der Waals surface area contributed by atoms with Gasteiger partial charge in [-0.2, -0.15) is 0 Å². The Morgan fingerprint density at radius 1 is 1.24 bits per heavy atom. The number of nitrogen functional groups attached to an aromatic ring is 1. The normalized spacial score (nSPS) is 11.3. The topological polar surface area (TPSA) is 89.1 Å². The van der Waals surface area contributed by atoms with E-state index in [4.69, 9.17) is 10.8 Å². The van der Waals surface area contributed by atoms with Gasteiger partial charge in [0.15, 0.2) is 0 Å². The third kappa shape index (κ3) is 2.59. The molecule has 5 heteroatoms. The third-order valence-electron chi connectivity index (χ3n) is 4.01. The molecule has 0 radical (unpaired) electrons. The molecule has 0 bridgehead atoms. The lowest BCUT2D eigenvalue weighted by molar-refractivity contribution is 0.0697. The molecule has 0 saturated carbocycles. The molecule has 0 unspecified atom stereocenters. The number of hydrogen-bond donors (Lipinski definition) is 2. The Morgan fingerprint density at radius 3 is 2.33 bits per heavy atom. The maximum absolute atomic E-state index is 11.0. The Bertz CT molecular complexity index is 637. The van der Waals surface area contributed by atoms with Crippen molar-refractivity contribution in [3.8, 4) is 0 Å². The molecule has 1 aromatic heterocycles. The van der Waals surface area contributed by atoms with Crippen LogP contribution in [0.15, 0.2) is 36.5 Å². The van der Waals surface area contributed by atoms with E-state index in [-0.39, 0.29) is 16.8 Å². The van der Waals surface area contributed by atoms with Gasteiger partial charge in [-0.1, -0.05) is 44.2 Å². The molecule has 0 aliphatic carbocycles. The first-order chi connectivity index (χ1) is 10.0. The number of benzene rings is 1. The number of rotatable bonds is 5. The molecule has 5 nitrogen and oxygen atoms in total. The number of anilines is 1. The first kappa shape index (κ1) is 15.0. The molecule has 3 N–H and O–H groups in total. The second-order valence-electron chi connectivity index (χ2n) is 4.95. The van der Waals surface area contributed by atoms with Gasteiger partial charge in [0.05, 0.1) is 5.41 Å². The zero-order valence-corrected chi connectivity index (χ0v) is 12.2. The molecule has 0 aliphatic rings. The van der Waals surface area contributed by atoms with Gasteiger partial charge in [0.1, 0.15) is 17.2 Å². The summed E-state index contributed by atoms with van der Waals surface area (Å²) >= 11 is 0. The smallest absolute Gasteiger partial charge is 0.341 e. The van der Waals surface area contributed by atoms with Crippen molar-refractivity contribution in [2.75, 3.05) is 5.73 Å². The summed E-state index contributed by atoms with van der Waals surface area (Å²) in [7, 11) is 0. The minimum atomic E-state index is -1.11. The highest BCUT2D eigenvalue weighted by Crippen LogP contribution is 2.37. The molecule has 2 rings (SSSR count). The summed E-state index contributed by atoms with van der Waals surface area (Å²) in [6, 6.07) is 9.99. The first-order valence-corrected chi connectivity index (χ1v) is 6.97. The van der Waals surface area contributed by atoms with Gasteiger partial charge in [0.25, 0.3) is 0 Å². The van der Waals surface area contributed by atoms with E-state index in [9.17, 15) is 4.79 Å². The fourth-order valence-electron chi connectivity index (χ4n) is 2.65. The van der Waals surface area contributed by atoms with E-state index in [1.54, 1.807) is 0 Å². The van der Waals surface area contributed by atoms with Crippen LogP contribution in [0.3, 0.4) is 0 Å². The highest BCUT2D eigenvalue weighted by atomic mass is 16.4. The molecule has 0 atom stereocenters. The lowest BCUT2D eigenvalue weighted by atomic mass is 9.75. The van der Waals surface area contributed by atoms with Crippen molar-refractivity contribution in [3.05, 3.63) is 53.5 Å². The molecule has 0 saturated heterocycles. The van der Waals surface area contributed by atoms with Crippen LogP contribution in [0.1, 0.15) is 48.4 Å². The first-order valence-electron chi connectivity index (χ1n) is 6.97. The molecule has 2 aromatic rings. The van der Waals surface area contributed by atoms with E-state index in [0.29, 0.717) is 5.82 Å². The second kappa shape index (κ2) is 5.91. The van der Waals surface area contributed by atoms with Gasteiger partial charge in [-0.25, -0.2) is 14.8 Å². The lowest BCUT2D eigenvalue weighted by Gasteiger charge is -2.31. The van der Waals surface area contributed by atoms with Crippen LogP contribution < -0.4 is 5.73 Å². The SMILES string of the molecule is CCC(CC)(c1ccccc1)c1ncc(C(=O)O)c(N)n1. The average molecular weight is 285 g/mol. The molecule has 0 spiro atoms. The Balaban J connectivity index is 2.59. The summed E-state index contributed by atoms with van der Waals surface area (Å²) in [5.74, 6) is -0.534. The predicted molar refractivity (Wildman–Crippen MR) is 81.2 cm³/mol. The van der Waals surface area contributed by atoms with Crippen LogP contribution in [0.5, 0.6) is 0 Å². The standard InChI is InChI=1S/C16H19N3O2/c1-3-16(4-2,11-8-6-5-7-9-11)15-18-10-12(14(20)21)13(17)19-15/h5-10H,3-4H2,1-2H3,(H,20,21)(H2,17,18,19). The summed E-state index contributed by atoms with van der Waals surface area (Å²) in [6.07, 6.45) is 2.90. The summed E-state index contributed by atoms with van der Waals surface area (Å²) < 4.78 is 0. The number of hydrogen-bond acceptors (Lipinski definition) is 4. The van der Waals surface area contributed by atoms with E-state index in [2.05, 4.69) is 23.8 Å². The zero-order chi connectivity index (χ0) is 15.5. The molecule has 21 heavy (non-hydrogen) atoms. The van der Waals surface area contributed by atoms with Crippen molar-refractivity contribution in [2.24, 2.45) is 0 Å². The number of carboxylic acid groups (broad SMARTS) is 1. The molecule has 1 heterocycles. The van der Waals surface area contributed by atoms with Gasteiger partial charge in [0, 0.05) is 6.20 Å². The van der Waals surface area contributed by atoms with Gasteiger partial charge in [-0.3, -0.25) is 0 Å². The fraction of sp³-hybridized carbons (Fsp3) is 0.312. The highest BCUT2D eigenvalue weighted by Gasteiger charge is 2.34. The van der Waals surface area contributed by atoms with E-state index in [1.807, 2.05) is 30.3 Å². The fourth-order valence-corrected chi connectivity index (χ4v) is 2.65. The van der Waals surface area contributed by atoms with E-state index < -0.39 is 5.97 Å². The molecule has 0 aliphatic heterocycles. The highest BCUT2D eigenvalue weighted by molar-refractivity contribution is 5.92. The van der Waals surface area contributed by atoms with Crippen molar-refractivity contribution in [3.63, 3.8) is 0 Å². The summed E-state index contributed by atoms with van der Waals surface area (Å²) in [5, 5.41) is 9.03. The average Bonchev–Trinajstić information content (AvgIpc) is 2.50. The second-order valence-corrected chi connectivity index (χ2v) is 4.95. The number of aromatic carboxylic acids is 1. The van der Waals surface area contributed by atoms with Gasteiger partial charge >= 0.3 is 5.97 Å². The lowest BCUT2D eigenvalue weighted by Crippen LogP contribution is -2.29. The zero-order valence-electron chi connectivity index (χ0n) is 12.2. The van der Waals surface area contributed by atoms with Gasteiger partial charge in [-0.15, -0.1) is 0 Å². The van der Waals surface area contributed by atoms with E-state index in [0.717, 1.165) is 18.4 Å². The molecular weight excluding hydrogens is 266 g/mol. The summed E-state index contributed by atoms with van der Waals surface area (Å²) in [6.45, 7) is 4.14. The van der Waals surface area contributed by atoms with Gasteiger partial charge in [0.2, 0.25) is 0 Å². The predicted octanol–water partition coefficient (Wildman–Crippen LogP) is 2.86. The number of nitrogens with zero attached hydrogens (tertiary/aromatic N) is 2. The molecule has 0 amide bonds. The number of aromatic nitrogens is 2. The molecular formula is C16H19N3O2. The minimum Gasteiger partial charge on any atom is -0.477 e. The van der Waals surface area contributed by atoms with Crippen molar-refractivity contribution in [1.82, 2.24) is 9.97 Å². The van der Waals surface area contributed by atoms with E-state index >= 15 is 0 Å². The Kier molecular flexibility index (Phi) is 4.21. The summed E-state index contributed by atoms with van der Waals surface area (Å²) in [5.41, 5.74) is 6.47. The van der Waals surface area contributed by atoms with Gasteiger partial charge < -0.3 is 10.8 Å². The third-order valence-corrected chi connectivity index (χ3v) is 4.01. The maximum Gasteiger partial charge on any atom is 0.341 e. The Labute approximate surface area is 123 Å². The quantitative estimate of drug-likeness (QED) is 0.881. The summed E-state index contributed by atoms with van der Waals surface area (Å²) in [4.78, 5) is 19.6. The van der Waals surface area contributed by atoms with Crippen LogP contribution in [-0.4, -0.2) is 21.0 Å². The van der Waals surface area contributed by atoms with Crippen LogP contribution in [0, 0.1) is 0 Å². The monoisotopic (exact) mass is 285 g/mol. The molecule has 0 fully saturated rings. The molecule has 1 aromatic carbocycles. The number of nitrogens with two attached hydrogens (primary N) is 1. The molecule has 110 valence electrons. The number of carboxylic acids is 1. The largest absolute Gasteiger partial charge is 0.477 e. The van der Waals surface area contributed by atoms with Crippen LogP contribution in [-0.2, 0) is 5.41 Å². The van der Waals surface area contributed by atoms with Crippen molar-refractivity contribution < 1.29 is 9.90 Å².